The molecule has 3 aromatic carbocycles. The molecular formula is C30H23Cl3N2O5. The molecule has 0 amide bonds. The predicted molar refractivity (Wildman–Crippen MR) is 155 cm³/mol. The van der Waals surface area contributed by atoms with Gasteiger partial charge in [-0.3, -0.25) is 0 Å². The van der Waals surface area contributed by atoms with E-state index >= 15 is 0 Å². The van der Waals surface area contributed by atoms with Crippen molar-refractivity contribution in [2.45, 2.75) is 25.4 Å². The van der Waals surface area contributed by atoms with E-state index in [1.165, 1.54) is 0 Å². The summed E-state index contributed by atoms with van der Waals surface area (Å²) in [4.78, 5) is 0. The Morgan fingerprint density at radius 1 is 0.900 bits per heavy atom. The zero-order valence-electron chi connectivity index (χ0n) is 21.3. The van der Waals surface area contributed by atoms with E-state index in [0.717, 1.165) is 40.7 Å². The molecule has 2 heterocycles. The summed E-state index contributed by atoms with van der Waals surface area (Å²) in [7, 11) is 1.55. The van der Waals surface area contributed by atoms with Crippen molar-refractivity contribution < 1.29 is 23.3 Å². The monoisotopic (exact) mass is 596 g/mol. The Labute approximate surface area is 245 Å². The number of ether oxygens (including phenoxy) is 3. The Bertz CT molecular complexity index is 1690. The average Bonchev–Trinajstić information content (AvgIpc) is 3.59. The van der Waals surface area contributed by atoms with E-state index in [4.69, 9.17) is 58.1 Å². The van der Waals surface area contributed by atoms with Crippen LogP contribution in [-0.2, 0) is 11.3 Å². The lowest BCUT2D eigenvalue weighted by molar-refractivity contribution is 0.0463. The molecule has 10 heteroatoms. The molecule has 0 N–H and O–H groups in total. The van der Waals surface area contributed by atoms with Crippen molar-refractivity contribution in [2.24, 2.45) is 0 Å². The number of aromatic nitrogens is 2. The van der Waals surface area contributed by atoms with Crippen LogP contribution in [0.2, 0.25) is 15.1 Å². The molecule has 1 aliphatic rings. The maximum Gasteiger partial charge on any atom is 0.264 e. The van der Waals surface area contributed by atoms with Gasteiger partial charge in [0.25, 0.3) is 5.88 Å². The SMILES string of the molecule is COCOc1noc2ccc(/C=C/c3ccc(OCc4c(-c5c(Cl)cccc5Cl)noc4C4CC4)cc3Cl)cc12. The summed E-state index contributed by atoms with van der Waals surface area (Å²) >= 11 is 19.6. The van der Waals surface area contributed by atoms with Gasteiger partial charge in [-0.1, -0.05) is 64.2 Å². The number of rotatable bonds is 10. The summed E-state index contributed by atoms with van der Waals surface area (Å²) in [6.07, 6.45) is 5.98. The van der Waals surface area contributed by atoms with Gasteiger partial charge in [-0.25, -0.2) is 0 Å². The van der Waals surface area contributed by atoms with Crippen LogP contribution in [0.15, 0.2) is 63.6 Å². The van der Waals surface area contributed by atoms with Gasteiger partial charge in [0, 0.05) is 18.6 Å². The third-order valence-electron chi connectivity index (χ3n) is 6.55. The molecule has 2 aromatic heterocycles. The van der Waals surface area contributed by atoms with Crippen LogP contribution in [0.25, 0.3) is 34.4 Å². The fourth-order valence-corrected chi connectivity index (χ4v) is 5.19. The van der Waals surface area contributed by atoms with Gasteiger partial charge in [0.1, 0.15) is 23.8 Å². The normalized spacial score (nSPS) is 13.4. The first-order valence-electron chi connectivity index (χ1n) is 12.6. The zero-order valence-corrected chi connectivity index (χ0v) is 23.6. The Morgan fingerprint density at radius 3 is 2.48 bits per heavy atom. The van der Waals surface area contributed by atoms with E-state index in [0.29, 0.717) is 49.5 Å². The lowest BCUT2D eigenvalue weighted by Crippen LogP contribution is -2.00. The summed E-state index contributed by atoms with van der Waals surface area (Å²) < 4.78 is 27.6. The van der Waals surface area contributed by atoms with Gasteiger partial charge in [0.15, 0.2) is 12.4 Å². The molecule has 0 spiro atoms. The molecule has 0 saturated heterocycles. The Morgan fingerprint density at radius 2 is 1.73 bits per heavy atom. The van der Waals surface area contributed by atoms with Crippen LogP contribution in [-0.4, -0.2) is 24.2 Å². The maximum absolute atomic E-state index is 6.62. The molecule has 0 bridgehead atoms. The minimum atomic E-state index is 0.0831. The maximum atomic E-state index is 6.62. The molecule has 0 aliphatic heterocycles. The molecule has 0 atom stereocenters. The Hall–Kier alpha value is -3.49. The molecular weight excluding hydrogens is 575 g/mol. The number of halogens is 3. The lowest BCUT2D eigenvalue weighted by Gasteiger charge is -2.10. The van der Waals surface area contributed by atoms with Gasteiger partial charge in [-0.2, -0.15) is 0 Å². The van der Waals surface area contributed by atoms with E-state index in [1.807, 2.05) is 42.5 Å². The number of nitrogens with zero attached hydrogens (tertiary/aromatic N) is 2. The highest BCUT2D eigenvalue weighted by Crippen LogP contribution is 2.46. The third-order valence-corrected chi connectivity index (χ3v) is 7.51. The zero-order chi connectivity index (χ0) is 27.6. The van der Waals surface area contributed by atoms with E-state index in [-0.39, 0.29) is 13.4 Å². The first-order chi connectivity index (χ1) is 19.5. The summed E-state index contributed by atoms with van der Waals surface area (Å²) in [5, 5.41) is 10.6. The topological polar surface area (TPSA) is 79.8 Å². The lowest BCUT2D eigenvalue weighted by atomic mass is 10.0. The second kappa shape index (κ2) is 11.6. The van der Waals surface area contributed by atoms with Crippen LogP contribution >= 0.6 is 34.8 Å². The Kier molecular flexibility index (Phi) is 7.71. The van der Waals surface area contributed by atoms with Crippen LogP contribution in [0, 0.1) is 0 Å². The van der Waals surface area contributed by atoms with Crippen LogP contribution < -0.4 is 9.47 Å². The molecule has 6 rings (SSSR count). The largest absolute Gasteiger partial charge is 0.489 e. The standard InChI is InChI=1S/C30H23Cl3N2O5/c1-36-16-38-30-21-13-17(6-12-26(21)39-35-30)5-7-18-10-11-20(14-25(18)33)37-15-22-28(34-40-29(22)19-8-9-19)27-23(31)3-2-4-24(27)32/h2-7,10-14,19H,8-9,15-16H2,1H3/b7-5+. The van der Waals surface area contributed by atoms with E-state index in [1.54, 1.807) is 31.4 Å². The highest BCUT2D eigenvalue weighted by Gasteiger charge is 2.33. The van der Waals surface area contributed by atoms with Crippen LogP contribution in [0.4, 0.5) is 0 Å². The first-order valence-corrected chi connectivity index (χ1v) is 13.7. The molecule has 7 nitrogen and oxygen atoms in total. The van der Waals surface area contributed by atoms with E-state index in [2.05, 4.69) is 10.3 Å². The number of benzene rings is 3. The number of hydrogen-bond acceptors (Lipinski definition) is 7. The highest BCUT2D eigenvalue weighted by atomic mass is 35.5. The van der Waals surface area contributed by atoms with E-state index in [9.17, 15) is 0 Å². The minimum absolute atomic E-state index is 0.0831. The molecule has 1 aliphatic carbocycles. The summed E-state index contributed by atoms with van der Waals surface area (Å²) in [5.41, 5.74) is 4.47. The first kappa shape index (κ1) is 26.7. The fourth-order valence-electron chi connectivity index (χ4n) is 4.38. The second-order valence-electron chi connectivity index (χ2n) is 9.34. The molecule has 0 unspecified atom stereocenters. The van der Waals surface area contributed by atoms with Crippen LogP contribution in [0.5, 0.6) is 11.6 Å². The van der Waals surface area contributed by atoms with Gasteiger partial charge >= 0.3 is 0 Å². The van der Waals surface area contributed by atoms with Gasteiger partial charge in [0.2, 0.25) is 0 Å². The molecule has 0 radical (unpaired) electrons. The van der Waals surface area contributed by atoms with Gasteiger partial charge in [-0.05, 0) is 71.6 Å². The van der Waals surface area contributed by atoms with Gasteiger partial charge in [0.05, 0.1) is 26.0 Å². The Balaban J connectivity index is 1.20. The second-order valence-corrected chi connectivity index (χ2v) is 10.6. The third kappa shape index (κ3) is 5.56. The summed E-state index contributed by atoms with van der Waals surface area (Å²) in [6.45, 7) is 0.323. The van der Waals surface area contributed by atoms with E-state index < -0.39 is 0 Å². The number of fused-ring (bicyclic) bond motifs is 1. The molecule has 40 heavy (non-hydrogen) atoms. The van der Waals surface area contributed by atoms with Crippen molar-refractivity contribution in [2.75, 3.05) is 13.9 Å². The van der Waals surface area contributed by atoms with Crippen LogP contribution in [0.1, 0.15) is 41.2 Å². The molecule has 5 aromatic rings. The fraction of sp³-hybridized carbons (Fsp3) is 0.200. The highest BCUT2D eigenvalue weighted by molar-refractivity contribution is 6.39. The summed E-state index contributed by atoms with van der Waals surface area (Å²) in [5.74, 6) is 2.14. The van der Waals surface area contributed by atoms with Crippen molar-refractivity contribution in [1.29, 1.82) is 0 Å². The smallest absolute Gasteiger partial charge is 0.264 e. The van der Waals surface area contributed by atoms with Crippen molar-refractivity contribution in [3.63, 3.8) is 0 Å². The van der Waals surface area contributed by atoms with Crippen molar-refractivity contribution in [1.82, 2.24) is 10.3 Å². The summed E-state index contributed by atoms with van der Waals surface area (Å²) in [6, 6.07) is 16.6. The van der Waals surface area contributed by atoms with Crippen molar-refractivity contribution >= 4 is 57.9 Å². The quantitative estimate of drug-likeness (QED) is 0.117. The van der Waals surface area contributed by atoms with Crippen LogP contribution in [0.3, 0.4) is 0 Å². The number of hydrogen-bond donors (Lipinski definition) is 0. The minimum Gasteiger partial charge on any atom is -0.489 e. The molecule has 204 valence electrons. The number of methoxy groups -OCH3 is 1. The molecule has 1 saturated carbocycles. The van der Waals surface area contributed by atoms with Gasteiger partial charge in [-0.15, -0.1) is 0 Å². The van der Waals surface area contributed by atoms with Crippen molar-refractivity contribution in [3.8, 4) is 22.9 Å². The average molecular weight is 598 g/mol. The van der Waals surface area contributed by atoms with Crippen molar-refractivity contribution in [3.05, 3.63) is 92.1 Å². The van der Waals surface area contributed by atoms with Gasteiger partial charge < -0.3 is 23.3 Å². The predicted octanol–water partition coefficient (Wildman–Crippen LogP) is 9.05. The molecule has 1 fully saturated rings.